The minimum atomic E-state index is -0.525. The highest BCUT2D eigenvalue weighted by molar-refractivity contribution is 9.10. The van der Waals surface area contributed by atoms with E-state index < -0.39 is 4.92 Å². The Balaban J connectivity index is 1.72. The van der Waals surface area contributed by atoms with Gasteiger partial charge in [-0.15, -0.1) is 0 Å². The average molecular weight is 414 g/mol. The van der Waals surface area contributed by atoms with Crippen molar-refractivity contribution in [3.05, 3.63) is 74.8 Å². The number of halogens is 1. The number of aromatic nitrogens is 3. The first-order valence-corrected chi connectivity index (χ1v) is 8.57. The largest absolute Gasteiger partial charge is 0.308 e. The standard InChI is InChI=1S/C17H12BrN5O3/c18-13-2-4-14-11(7-13)5-6-21(14)17(24)12-1-3-15(16(8-12)23(25)26)22-10-19-9-20-22/h1-4,7-10H,5-6H2. The van der Waals surface area contributed by atoms with Gasteiger partial charge in [-0.05, 0) is 42.3 Å². The fraction of sp³-hybridized carbons (Fsp3) is 0.118. The van der Waals surface area contributed by atoms with Crippen molar-refractivity contribution in [1.29, 1.82) is 0 Å². The van der Waals surface area contributed by atoms with Gasteiger partial charge in [0.15, 0.2) is 0 Å². The summed E-state index contributed by atoms with van der Waals surface area (Å²) < 4.78 is 2.26. The zero-order chi connectivity index (χ0) is 18.3. The first-order valence-electron chi connectivity index (χ1n) is 7.78. The Morgan fingerprint density at radius 1 is 1.19 bits per heavy atom. The van der Waals surface area contributed by atoms with E-state index in [9.17, 15) is 14.9 Å². The van der Waals surface area contributed by atoms with Crippen molar-refractivity contribution in [2.75, 3.05) is 11.4 Å². The van der Waals surface area contributed by atoms with E-state index >= 15 is 0 Å². The summed E-state index contributed by atoms with van der Waals surface area (Å²) in [5.74, 6) is -0.265. The van der Waals surface area contributed by atoms with Crippen LogP contribution in [0.4, 0.5) is 11.4 Å². The molecule has 26 heavy (non-hydrogen) atoms. The number of nitro benzene ring substituents is 1. The number of hydrogen-bond acceptors (Lipinski definition) is 5. The normalized spacial score (nSPS) is 12.9. The van der Waals surface area contributed by atoms with E-state index in [0.29, 0.717) is 6.54 Å². The molecule has 0 aliphatic carbocycles. The number of carbonyl (C=O) groups is 1. The van der Waals surface area contributed by atoms with E-state index in [1.165, 1.54) is 29.5 Å². The van der Waals surface area contributed by atoms with Gasteiger partial charge in [0.05, 0.1) is 4.92 Å². The Morgan fingerprint density at radius 2 is 2.00 bits per heavy atom. The second kappa shape index (κ2) is 6.34. The Morgan fingerprint density at radius 3 is 2.73 bits per heavy atom. The molecule has 1 aliphatic rings. The molecule has 8 nitrogen and oxygen atoms in total. The maximum absolute atomic E-state index is 12.9. The molecule has 2 heterocycles. The van der Waals surface area contributed by atoms with Gasteiger partial charge in [0.1, 0.15) is 18.3 Å². The van der Waals surface area contributed by atoms with Crippen LogP contribution in [-0.4, -0.2) is 32.1 Å². The van der Waals surface area contributed by atoms with E-state index in [-0.39, 0.29) is 22.8 Å². The smallest absolute Gasteiger partial charge is 0.295 e. The number of nitro groups is 1. The molecule has 1 amide bonds. The number of hydrogen-bond donors (Lipinski definition) is 0. The molecule has 2 aromatic carbocycles. The summed E-state index contributed by atoms with van der Waals surface area (Å²) in [5, 5.41) is 15.4. The quantitative estimate of drug-likeness (QED) is 0.485. The SMILES string of the molecule is O=C(c1ccc(-n2cncn2)c([N+](=O)[O-])c1)N1CCc2cc(Br)ccc21. The third-order valence-corrected chi connectivity index (χ3v) is 4.76. The highest BCUT2D eigenvalue weighted by Gasteiger charge is 2.27. The molecule has 4 rings (SSSR count). The number of fused-ring (bicyclic) bond motifs is 1. The van der Waals surface area contributed by atoms with E-state index in [0.717, 1.165) is 22.1 Å². The predicted molar refractivity (Wildman–Crippen MR) is 97.5 cm³/mol. The fourth-order valence-electron chi connectivity index (χ4n) is 3.07. The second-order valence-electron chi connectivity index (χ2n) is 5.78. The average Bonchev–Trinajstić information content (AvgIpc) is 3.30. The van der Waals surface area contributed by atoms with Crippen molar-refractivity contribution in [2.45, 2.75) is 6.42 Å². The van der Waals surface area contributed by atoms with Crippen LogP contribution in [0.3, 0.4) is 0 Å². The molecule has 0 bridgehead atoms. The molecule has 0 N–H and O–H groups in total. The van der Waals surface area contributed by atoms with E-state index in [2.05, 4.69) is 26.0 Å². The van der Waals surface area contributed by atoms with Gasteiger partial charge in [-0.1, -0.05) is 15.9 Å². The Hall–Kier alpha value is -3.07. The van der Waals surface area contributed by atoms with Crippen molar-refractivity contribution in [3.63, 3.8) is 0 Å². The third-order valence-electron chi connectivity index (χ3n) is 4.27. The molecule has 3 aromatic rings. The van der Waals surface area contributed by atoms with Gasteiger partial charge in [0.2, 0.25) is 0 Å². The van der Waals surface area contributed by atoms with Crippen LogP contribution in [-0.2, 0) is 6.42 Å². The van der Waals surface area contributed by atoms with Crippen LogP contribution in [0.2, 0.25) is 0 Å². The van der Waals surface area contributed by atoms with E-state index in [1.807, 2.05) is 18.2 Å². The summed E-state index contributed by atoms with van der Waals surface area (Å²) in [6.45, 7) is 0.545. The summed E-state index contributed by atoms with van der Waals surface area (Å²) in [5.41, 5.74) is 2.23. The van der Waals surface area contributed by atoms with Crippen LogP contribution in [0, 0.1) is 10.1 Å². The van der Waals surface area contributed by atoms with E-state index in [4.69, 9.17) is 0 Å². The maximum Gasteiger partial charge on any atom is 0.295 e. The first kappa shape index (κ1) is 16.4. The molecule has 1 aliphatic heterocycles. The van der Waals surface area contributed by atoms with Crippen LogP contribution in [0.25, 0.3) is 5.69 Å². The lowest BCUT2D eigenvalue weighted by Gasteiger charge is -2.17. The van der Waals surface area contributed by atoms with Gasteiger partial charge in [0.25, 0.3) is 11.6 Å². The Bertz CT molecular complexity index is 1020. The molecule has 9 heteroatoms. The topological polar surface area (TPSA) is 94.2 Å². The van der Waals surface area contributed by atoms with Crippen LogP contribution in [0.15, 0.2) is 53.5 Å². The molecule has 0 saturated carbocycles. The van der Waals surface area contributed by atoms with Gasteiger partial charge in [-0.2, -0.15) is 5.10 Å². The molecular weight excluding hydrogens is 402 g/mol. The molecule has 1 aromatic heterocycles. The monoisotopic (exact) mass is 413 g/mol. The predicted octanol–water partition coefficient (Wildman–Crippen LogP) is 3.14. The third kappa shape index (κ3) is 2.76. The second-order valence-corrected chi connectivity index (χ2v) is 6.70. The lowest BCUT2D eigenvalue weighted by atomic mass is 10.1. The number of nitrogens with zero attached hydrogens (tertiary/aromatic N) is 5. The van der Waals surface area contributed by atoms with Gasteiger partial charge in [-0.25, -0.2) is 9.67 Å². The number of amides is 1. The lowest BCUT2D eigenvalue weighted by Crippen LogP contribution is -2.29. The lowest BCUT2D eigenvalue weighted by molar-refractivity contribution is -0.384. The van der Waals surface area contributed by atoms with Crippen LogP contribution in [0.1, 0.15) is 15.9 Å². The van der Waals surface area contributed by atoms with Gasteiger partial charge >= 0.3 is 0 Å². The molecule has 0 fully saturated rings. The highest BCUT2D eigenvalue weighted by atomic mass is 79.9. The Kier molecular flexibility index (Phi) is 4.00. The molecule has 0 spiro atoms. The zero-order valence-electron chi connectivity index (χ0n) is 13.4. The minimum Gasteiger partial charge on any atom is -0.308 e. The van der Waals surface area contributed by atoms with Crippen molar-refractivity contribution >= 4 is 33.2 Å². The first-order chi connectivity index (χ1) is 12.5. The fourth-order valence-corrected chi connectivity index (χ4v) is 3.47. The summed E-state index contributed by atoms with van der Waals surface area (Å²) >= 11 is 3.43. The summed E-state index contributed by atoms with van der Waals surface area (Å²) in [6, 6.07) is 10.1. The van der Waals surface area contributed by atoms with E-state index in [1.54, 1.807) is 11.0 Å². The number of rotatable bonds is 3. The van der Waals surface area contributed by atoms with Crippen LogP contribution < -0.4 is 4.90 Å². The van der Waals surface area contributed by atoms with Crippen molar-refractivity contribution < 1.29 is 9.72 Å². The minimum absolute atomic E-state index is 0.198. The van der Waals surface area contributed by atoms with Crippen molar-refractivity contribution in [2.24, 2.45) is 0 Å². The molecule has 0 radical (unpaired) electrons. The number of carbonyl (C=O) groups excluding carboxylic acids is 1. The zero-order valence-corrected chi connectivity index (χ0v) is 15.0. The molecule has 0 atom stereocenters. The van der Waals surface area contributed by atoms with Crippen molar-refractivity contribution in [1.82, 2.24) is 14.8 Å². The van der Waals surface area contributed by atoms with Gasteiger partial charge in [-0.3, -0.25) is 14.9 Å². The van der Waals surface area contributed by atoms with Crippen molar-refractivity contribution in [3.8, 4) is 5.69 Å². The molecule has 0 unspecified atom stereocenters. The highest BCUT2D eigenvalue weighted by Crippen LogP contribution is 2.32. The van der Waals surface area contributed by atoms with Crippen LogP contribution in [0.5, 0.6) is 0 Å². The molecule has 0 saturated heterocycles. The summed E-state index contributed by atoms with van der Waals surface area (Å²) in [7, 11) is 0. The van der Waals surface area contributed by atoms with Gasteiger partial charge in [0, 0.05) is 28.3 Å². The number of anilines is 1. The number of benzene rings is 2. The summed E-state index contributed by atoms with van der Waals surface area (Å²) in [6.07, 6.45) is 3.42. The van der Waals surface area contributed by atoms with Crippen LogP contribution >= 0.6 is 15.9 Å². The Labute approximate surface area is 156 Å². The van der Waals surface area contributed by atoms with Gasteiger partial charge < -0.3 is 4.90 Å². The molecule has 130 valence electrons. The summed E-state index contributed by atoms with van der Waals surface area (Å²) in [4.78, 5) is 29.3. The molecular formula is C17H12BrN5O3. The maximum atomic E-state index is 12.9.